The summed E-state index contributed by atoms with van der Waals surface area (Å²) >= 11 is 1.71. The van der Waals surface area contributed by atoms with Gasteiger partial charge < -0.3 is 4.74 Å². The summed E-state index contributed by atoms with van der Waals surface area (Å²) in [4.78, 5) is 0. The van der Waals surface area contributed by atoms with Crippen LogP contribution in [0.15, 0.2) is 71.4 Å². The number of benzene rings is 2. The maximum atomic E-state index is 5.77. The molecule has 0 fully saturated rings. The average Bonchev–Trinajstić information content (AvgIpc) is 3.01. The smallest absolute Gasteiger partial charge is 0.119 e. The molecule has 0 radical (unpaired) electrons. The summed E-state index contributed by atoms with van der Waals surface area (Å²) in [6.45, 7) is 0.610. The Morgan fingerprint density at radius 3 is 2.26 bits per heavy atom. The third kappa shape index (κ3) is 3.04. The minimum absolute atomic E-state index is 0.610. The second-order valence-corrected chi connectivity index (χ2v) is 5.09. The Balaban J connectivity index is 1.67. The standard InChI is InChI=1S/C17H14OS/c1-2-4-14(5-3-1)12-18-17-8-6-15(7-9-17)16-10-11-19-13-16/h1-11,13H,12H2. The monoisotopic (exact) mass is 266 g/mol. The van der Waals surface area contributed by atoms with E-state index in [1.165, 1.54) is 16.7 Å². The Labute approximate surface area is 117 Å². The Bertz CT molecular complexity index is 612. The Kier molecular flexibility index (Phi) is 3.61. The first-order valence-corrected chi connectivity index (χ1v) is 7.15. The highest BCUT2D eigenvalue weighted by atomic mass is 32.1. The summed E-state index contributed by atoms with van der Waals surface area (Å²) in [5.74, 6) is 0.905. The molecule has 3 aromatic rings. The zero-order chi connectivity index (χ0) is 12.9. The van der Waals surface area contributed by atoms with Gasteiger partial charge in [-0.05, 0) is 45.6 Å². The van der Waals surface area contributed by atoms with E-state index in [-0.39, 0.29) is 0 Å². The Morgan fingerprint density at radius 1 is 0.789 bits per heavy atom. The van der Waals surface area contributed by atoms with Crippen molar-refractivity contribution in [1.82, 2.24) is 0 Å². The Morgan fingerprint density at radius 2 is 1.58 bits per heavy atom. The molecule has 0 unspecified atom stereocenters. The molecule has 94 valence electrons. The van der Waals surface area contributed by atoms with E-state index in [2.05, 4.69) is 41.1 Å². The topological polar surface area (TPSA) is 9.23 Å². The SMILES string of the molecule is c1ccc(COc2ccc(-c3ccsc3)cc2)cc1. The summed E-state index contributed by atoms with van der Waals surface area (Å²) in [5, 5.41) is 4.25. The van der Waals surface area contributed by atoms with Crippen molar-refractivity contribution < 1.29 is 4.74 Å². The minimum Gasteiger partial charge on any atom is -0.489 e. The van der Waals surface area contributed by atoms with Gasteiger partial charge in [-0.2, -0.15) is 11.3 Å². The lowest BCUT2D eigenvalue weighted by Crippen LogP contribution is -1.94. The van der Waals surface area contributed by atoms with Crippen molar-refractivity contribution in [1.29, 1.82) is 0 Å². The highest BCUT2D eigenvalue weighted by Crippen LogP contribution is 2.24. The lowest BCUT2D eigenvalue weighted by molar-refractivity contribution is 0.306. The maximum Gasteiger partial charge on any atom is 0.119 e. The van der Waals surface area contributed by atoms with Gasteiger partial charge in [0.25, 0.3) is 0 Å². The number of thiophene rings is 1. The second kappa shape index (κ2) is 5.72. The van der Waals surface area contributed by atoms with Gasteiger partial charge in [0, 0.05) is 0 Å². The van der Waals surface area contributed by atoms with Gasteiger partial charge in [0.05, 0.1) is 0 Å². The zero-order valence-electron chi connectivity index (χ0n) is 10.5. The fourth-order valence-corrected chi connectivity index (χ4v) is 2.58. The van der Waals surface area contributed by atoms with Gasteiger partial charge in [0.1, 0.15) is 12.4 Å². The van der Waals surface area contributed by atoms with Gasteiger partial charge in [-0.3, -0.25) is 0 Å². The van der Waals surface area contributed by atoms with E-state index in [1.54, 1.807) is 11.3 Å². The fraction of sp³-hybridized carbons (Fsp3) is 0.0588. The molecule has 0 bridgehead atoms. The van der Waals surface area contributed by atoms with Crippen molar-refractivity contribution >= 4 is 11.3 Å². The summed E-state index contributed by atoms with van der Waals surface area (Å²) in [5.41, 5.74) is 3.68. The van der Waals surface area contributed by atoms with Gasteiger partial charge in [0.15, 0.2) is 0 Å². The summed E-state index contributed by atoms with van der Waals surface area (Å²) < 4.78 is 5.77. The summed E-state index contributed by atoms with van der Waals surface area (Å²) in [6.07, 6.45) is 0. The predicted molar refractivity (Wildman–Crippen MR) is 80.5 cm³/mol. The van der Waals surface area contributed by atoms with Gasteiger partial charge in [-0.1, -0.05) is 42.5 Å². The number of ether oxygens (including phenoxy) is 1. The molecule has 0 saturated heterocycles. The van der Waals surface area contributed by atoms with Gasteiger partial charge in [0.2, 0.25) is 0 Å². The van der Waals surface area contributed by atoms with Crippen LogP contribution in [0.3, 0.4) is 0 Å². The number of rotatable bonds is 4. The fourth-order valence-electron chi connectivity index (χ4n) is 1.91. The first kappa shape index (κ1) is 12.0. The molecule has 2 heteroatoms. The molecule has 0 saturated carbocycles. The van der Waals surface area contributed by atoms with Crippen LogP contribution in [0.2, 0.25) is 0 Å². The number of hydrogen-bond acceptors (Lipinski definition) is 2. The predicted octanol–water partition coefficient (Wildman–Crippen LogP) is 4.99. The number of hydrogen-bond donors (Lipinski definition) is 0. The second-order valence-electron chi connectivity index (χ2n) is 4.31. The average molecular weight is 266 g/mol. The zero-order valence-corrected chi connectivity index (χ0v) is 11.3. The molecule has 0 aliphatic heterocycles. The van der Waals surface area contributed by atoms with E-state index in [4.69, 9.17) is 4.74 Å². The van der Waals surface area contributed by atoms with E-state index >= 15 is 0 Å². The van der Waals surface area contributed by atoms with Crippen molar-refractivity contribution in [2.24, 2.45) is 0 Å². The van der Waals surface area contributed by atoms with E-state index in [0.29, 0.717) is 6.61 Å². The van der Waals surface area contributed by atoms with E-state index in [9.17, 15) is 0 Å². The van der Waals surface area contributed by atoms with Crippen molar-refractivity contribution in [3.05, 3.63) is 77.0 Å². The normalized spacial score (nSPS) is 10.3. The third-order valence-electron chi connectivity index (χ3n) is 2.96. The molecule has 0 N–H and O–H groups in total. The lowest BCUT2D eigenvalue weighted by Gasteiger charge is -2.07. The van der Waals surface area contributed by atoms with Crippen molar-refractivity contribution in [2.75, 3.05) is 0 Å². The molecule has 0 spiro atoms. The van der Waals surface area contributed by atoms with Crippen molar-refractivity contribution in [3.8, 4) is 16.9 Å². The largest absolute Gasteiger partial charge is 0.489 e. The van der Waals surface area contributed by atoms with Crippen LogP contribution in [0, 0.1) is 0 Å². The molecular formula is C17H14OS. The van der Waals surface area contributed by atoms with Crippen molar-refractivity contribution in [2.45, 2.75) is 6.61 Å². The highest BCUT2D eigenvalue weighted by molar-refractivity contribution is 7.08. The van der Waals surface area contributed by atoms with Crippen LogP contribution in [0.4, 0.5) is 0 Å². The molecule has 0 aliphatic carbocycles. The van der Waals surface area contributed by atoms with Crippen LogP contribution in [0.25, 0.3) is 11.1 Å². The molecule has 0 atom stereocenters. The molecule has 1 aromatic heterocycles. The van der Waals surface area contributed by atoms with Gasteiger partial charge in [-0.15, -0.1) is 0 Å². The van der Waals surface area contributed by atoms with Crippen LogP contribution in [0.5, 0.6) is 5.75 Å². The quantitative estimate of drug-likeness (QED) is 0.646. The lowest BCUT2D eigenvalue weighted by atomic mass is 10.1. The van der Waals surface area contributed by atoms with Crippen molar-refractivity contribution in [3.63, 3.8) is 0 Å². The first-order valence-electron chi connectivity index (χ1n) is 6.21. The summed E-state index contributed by atoms with van der Waals surface area (Å²) in [7, 11) is 0. The molecule has 2 aromatic carbocycles. The maximum absolute atomic E-state index is 5.77. The van der Waals surface area contributed by atoms with E-state index in [1.807, 2.05) is 30.3 Å². The van der Waals surface area contributed by atoms with E-state index < -0.39 is 0 Å². The summed E-state index contributed by atoms with van der Waals surface area (Å²) in [6, 6.07) is 20.6. The molecule has 1 nitrogen and oxygen atoms in total. The molecule has 1 heterocycles. The van der Waals surface area contributed by atoms with Crippen LogP contribution in [-0.2, 0) is 6.61 Å². The highest BCUT2D eigenvalue weighted by Gasteiger charge is 1.99. The van der Waals surface area contributed by atoms with Gasteiger partial charge >= 0.3 is 0 Å². The minimum atomic E-state index is 0.610. The molecule has 3 rings (SSSR count). The molecule has 0 amide bonds. The molecule has 0 aliphatic rings. The molecule has 19 heavy (non-hydrogen) atoms. The Hall–Kier alpha value is -2.06. The van der Waals surface area contributed by atoms with Crippen LogP contribution >= 0.6 is 11.3 Å². The first-order chi connectivity index (χ1) is 9.42. The third-order valence-corrected chi connectivity index (χ3v) is 3.64. The van der Waals surface area contributed by atoms with Crippen LogP contribution in [-0.4, -0.2) is 0 Å². The van der Waals surface area contributed by atoms with Crippen LogP contribution < -0.4 is 4.74 Å². The molecular weight excluding hydrogens is 252 g/mol. The van der Waals surface area contributed by atoms with Gasteiger partial charge in [-0.25, -0.2) is 0 Å². The van der Waals surface area contributed by atoms with Crippen LogP contribution in [0.1, 0.15) is 5.56 Å². The van der Waals surface area contributed by atoms with E-state index in [0.717, 1.165) is 5.75 Å².